The molecule has 218 valence electrons. The summed E-state index contributed by atoms with van der Waals surface area (Å²) in [6, 6.07) is 12.2. The van der Waals surface area contributed by atoms with E-state index in [-0.39, 0.29) is 16.4 Å². The Hall–Kier alpha value is -2.62. The number of hydrogen-bond acceptors (Lipinski definition) is 8. The van der Waals surface area contributed by atoms with Crippen molar-refractivity contribution in [3.63, 3.8) is 0 Å². The third-order valence-corrected chi connectivity index (χ3v) is 11.6. The molecule has 0 saturated heterocycles. The van der Waals surface area contributed by atoms with Crippen molar-refractivity contribution in [2.45, 2.75) is 12.4 Å². The molecule has 2 nitrogen and oxygen atoms in total. The van der Waals surface area contributed by atoms with E-state index in [1.807, 2.05) is 34.3 Å². The molecule has 0 saturated carbocycles. The van der Waals surface area contributed by atoms with Gasteiger partial charge in [-0.2, -0.15) is 26.3 Å². The number of halogens is 6. The van der Waals surface area contributed by atoms with Crippen molar-refractivity contribution in [1.82, 2.24) is 0 Å². The van der Waals surface area contributed by atoms with E-state index in [9.17, 15) is 26.3 Å². The fraction of sp³-hybridized carbons (Fsp3) is 0.143. The maximum atomic E-state index is 13.1. The Balaban J connectivity index is 1.40. The van der Waals surface area contributed by atoms with Gasteiger partial charge < -0.3 is 9.47 Å². The summed E-state index contributed by atoms with van der Waals surface area (Å²) in [6.07, 6.45) is -9.34. The summed E-state index contributed by atoms with van der Waals surface area (Å²) >= 11 is 8.68. The smallest absolute Gasteiger partial charge is 0.422 e. The largest absolute Gasteiger partial charge is 0.479 e. The van der Waals surface area contributed by atoms with Crippen LogP contribution in [0.15, 0.2) is 68.7 Å². The molecule has 6 rings (SSSR count). The standard InChI is InChI=1S/C28H16F6O2S6/c29-27(30,31)13-35-19-12-42-26(21(19)36-14-28(32,33)34)25-18(6-11-41-25)24-17(5-10-40-24)23-16(4-9-39-23)22-15(3-8-38-22)20-2-1-7-37-20/h1-12H,13-14H2. The first-order valence-electron chi connectivity index (χ1n) is 11.9. The Morgan fingerprint density at radius 2 is 1.00 bits per heavy atom. The molecule has 14 heteroatoms. The van der Waals surface area contributed by atoms with E-state index in [0.29, 0.717) is 4.88 Å². The van der Waals surface area contributed by atoms with E-state index < -0.39 is 25.6 Å². The lowest BCUT2D eigenvalue weighted by Crippen LogP contribution is -2.21. The van der Waals surface area contributed by atoms with Crippen LogP contribution in [0.1, 0.15) is 0 Å². The van der Waals surface area contributed by atoms with E-state index in [1.54, 1.807) is 39.4 Å². The fourth-order valence-electron chi connectivity index (χ4n) is 4.24. The van der Waals surface area contributed by atoms with E-state index >= 15 is 0 Å². The maximum absolute atomic E-state index is 13.1. The average Bonchev–Trinajstić information content (AvgIpc) is 3.74. The molecule has 0 unspecified atom stereocenters. The number of thiophene rings is 6. The lowest BCUT2D eigenvalue weighted by molar-refractivity contribution is -0.158. The van der Waals surface area contributed by atoms with Crippen LogP contribution in [0.4, 0.5) is 26.3 Å². The molecule has 0 aliphatic heterocycles. The van der Waals surface area contributed by atoms with Crippen LogP contribution in [0.3, 0.4) is 0 Å². The quantitative estimate of drug-likeness (QED) is 0.141. The van der Waals surface area contributed by atoms with Crippen LogP contribution >= 0.6 is 68.0 Å². The predicted molar refractivity (Wildman–Crippen MR) is 164 cm³/mol. The molecule has 6 heterocycles. The van der Waals surface area contributed by atoms with E-state index in [0.717, 1.165) is 48.2 Å². The Morgan fingerprint density at radius 3 is 1.55 bits per heavy atom. The Morgan fingerprint density at radius 1 is 0.500 bits per heavy atom. The molecule has 0 aliphatic rings. The highest BCUT2D eigenvalue weighted by Crippen LogP contribution is 2.54. The third-order valence-electron chi connectivity index (χ3n) is 5.87. The molecule has 6 aromatic heterocycles. The van der Waals surface area contributed by atoms with Gasteiger partial charge >= 0.3 is 12.4 Å². The number of ether oxygens (including phenoxy) is 2. The summed E-state index contributed by atoms with van der Waals surface area (Å²) in [4.78, 5) is 5.14. The van der Waals surface area contributed by atoms with Crippen LogP contribution in [0.2, 0.25) is 0 Å². The van der Waals surface area contributed by atoms with Crippen LogP contribution in [-0.2, 0) is 0 Å². The Bertz CT molecular complexity index is 1780. The lowest BCUT2D eigenvalue weighted by Gasteiger charge is -2.14. The summed E-state index contributed by atoms with van der Waals surface area (Å²) in [5.41, 5.74) is 3.97. The molecule has 0 spiro atoms. The average molecular weight is 691 g/mol. The summed E-state index contributed by atoms with van der Waals surface area (Å²) in [6.45, 7) is -3.30. The van der Waals surface area contributed by atoms with Crippen molar-refractivity contribution in [3.05, 3.63) is 68.7 Å². The van der Waals surface area contributed by atoms with Crippen molar-refractivity contribution >= 4 is 68.0 Å². The van der Waals surface area contributed by atoms with Gasteiger partial charge in [0.05, 0.1) is 9.75 Å². The minimum absolute atomic E-state index is 0.283. The maximum Gasteiger partial charge on any atom is 0.422 e. The van der Waals surface area contributed by atoms with Crippen molar-refractivity contribution in [2.24, 2.45) is 0 Å². The van der Waals surface area contributed by atoms with Crippen molar-refractivity contribution < 1.29 is 35.8 Å². The molecular weight excluding hydrogens is 675 g/mol. The molecule has 42 heavy (non-hydrogen) atoms. The first-order valence-corrected chi connectivity index (χ1v) is 17.2. The Labute approximate surface area is 259 Å². The SMILES string of the molecule is FC(F)(F)COc1csc(-c2sccc2-c2sccc2-c2sccc2-c2sccc2-c2cccs2)c1OCC(F)(F)F. The van der Waals surface area contributed by atoms with E-state index in [1.165, 1.54) is 32.9 Å². The zero-order valence-electron chi connectivity index (χ0n) is 20.9. The highest BCUT2D eigenvalue weighted by Gasteiger charge is 2.33. The molecule has 0 atom stereocenters. The normalized spacial score (nSPS) is 12.2. The van der Waals surface area contributed by atoms with E-state index in [2.05, 4.69) is 23.6 Å². The van der Waals surface area contributed by atoms with Gasteiger partial charge in [0.25, 0.3) is 0 Å². The topological polar surface area (TPSA) is 18.5 Å². The van der Waals surface area contributed by atoms with Gasteiger partial charge in [0.15, 0.2) is 24.7 Å². The molecule has 0 amide bonds. The molecule has 0 N–H and O–H groups in total. The second kappa shape index (κ2) is 11.8. The molecule has 0 radical (unpaired) electrons. The Kier molecular flexibility index (Phi) is 8.28. The second-order valence-electron chi connectivity index (χ2n) is 8.70. The van der Waals surface area contributed by atoms with Crippen LogP contribution < -0.4 is 9.47 Å². The van der Waals surface area contributed by atoms with Crippen LogP contribution in [-0.4, -0.2) is 25.6 Å². The zero-order valence-corrected chi connectivity index (χ0v) is 25.8. The monoisotopic (exact) mass is 690 g/mol. The van der Waals surface area contributed by atoms with Gasteiger partial charge in [0.2, 0.25) is 0 Å². The molecule has 0 aromatic carbocycles. The van der Waals surface area contributed by atoms with Gasteiger partial charge in [-0.05, 0) is 57.2 Å². The van der Waals surface area contributed by atoms with Crippen molar-refractivity contribution in [3.8, 4) is 63.0 Å². The number of rotatable bonds is 9. The third kappa shape index (κ3) is 6.19. The first kappa shape index (κ1) is 29.5. The summed E-state index contributed by atoms with van der Waals surface area (Å²) < 4.78 is 87.7. The summed E-state index contributed by atoms with van der Waals surface area (Å²) in [5, 5.41) is 11.2. The first-order chi connectivity index (χ1) is 20.1. The molecular formula is C28H16F6O2S6. The van der Waals surface area contributed by atoms with Crippen molar-refractivity contribution in [2.75, 3.05) is 13.2 Å². The van der Waals surface area contributed by atoms with Gasteiger partial charge in [-0.15, -0.1) is 68.0 Å². The molecule has 0 bridgehead atoms. The van der Waals surface area contributed by atoms with Crippen LogP contribution in [0.5, 0.6) is 11.5 Å². The zero-order chi connectivity index (χ0) is 29.5. The van der Waals surface area contributed by atoms with Gasteiger partial charge in [-0.3, -0.25) is 0 Å². The van der Waals surface area contributed by atoms with Gasteiger partial charge in [-0.1, -0.05) is 6.07 Å². The van der Waals surface area contributed by atoms with Gasteiger partial charge in [0, 0.05) is 47.1 Å². The molecule has 6 aromatic rings. The predicted octanol–water partition coefficient (Wildman–Crippen LogP) is 12.3. The highest BCUT2D eigenvalue weighted by atomic mass is 32.1. The fourth-order valence-corrected chi connectivity index (χ4v) is 10.1. The van der Waals surface area contributed by atoms with Gasteiger partial charge in [-0.25, -0.2) is 0 Å². The summed E-state index contributed by atoms with van der Waals surface area (Å²) in [7, 11) is 0. The number of hydrogen-bond donors (Lipinski definition) is 0. The minimum Gasteiger partial charge on any atom is -0.479 e. The van der Waals surface area contributed by atoms with Crippen LogP contribution in [0.25, 0.3) is 51.5 Å². The van der Waals surface area contributed by atoms with Crippen LogP contribution in [0, 0.1) is 0 Å². The number of alkyl halides is 6. The lowest BCUT2D eigenvalue weighted by atomic mass is 10.0. The van der Waals surface area contributed by atoms with Crippen molar-refractivity contribution in [1.29, 1.82) is 0 Å². The second-order valence-corrected chi connectivity index (χ2v) is 14.2. The highest BCUT2D eigenvalue weighted by molar-refractivity contribution is 7.22. The molecule has 0 fully saturated rings. The minimum atomic E-state index is -4.68. The summed E-state index contributed by atoms with van der Waals surface area (Å²) in [5.74, 6) is -0.721. The van der Waals surface area contributed by atoms with Gasteiger partial charge in [0.1, 0.15) is 0 Å². The molecule has 0 aliphatic carbocycles. The van der Waals surface area contributed by atoms with E-state index in [4.69, 9.17) is 9.47 Å².